The minimum Gasteiger partial charge on any atom is -0.328 e. The van der Waals surface area contributed by atoms with Gasteiger partial charge in [0.2, 0.25) is 0 Å². The van der Waals surface area contributed by atoms with Gasteiger partial charge in [0, 0.05) is 38.5 Å². The molecule has 21 heavy (non-hydrogen) atoms. The second kappa shape index (κ2) is 5.90. The van der Waals surface area contributed by atoms with Gasteiger partial charge >= 0.3 is 0 Å². The number of fused-ring (bicyclic) bond motifs is 1. The predicted octanol–water partition coefficient (Wildman–Crippen LogP) is 3.10. The van der Waals surface area contributed by atoms with Crippen LogP contribution in [-0.4, -0.2) is 25.2 Å². The molecule has 0 aliphatic heterocycles. The molecule has 0 saturated carbocycles. The highest BCUT2D eigenvalue weighted by molar-refractivity contribution is 6.17. The summed E-state index contributed by atoms with van der Waals surface area (Å²) in [4.78, 5) is 4.73. The molecule has 0 aliphatic carbocycles. The molecule has 0 fully saturated rings. The van der Waals surface area contributed by atoms with E-state index in [1.807, 2.05) is 17.9 Å². The molecule has 0 amide bonds. The van der Waals surface area contributed by atoms with Gasteiger partial charge in [-0.1, -0.05) is 6.07 Å². The van der Waals surface area contributed by atoms with Crippen LogP contribution in [0, 0.1) is 6.92 Å². The molecule has 1 aromatic carbocycles. The molecule has 4 nitrogen and oxygen atoms in total. The molecule has 5 heteroatoms. The monoisotopic (exact) mass is 302 g/mol. The smallest absolute Gasteiger partial charge is 0.111 e. The second-order valence-electron chi connectivity index (χ2n) is 5.34. The molecule has 0 N–H and O–H groups in total. The number of imidazole rings is 1. The molecule has 0 bridgehead atoms. The molecule has 0 saturated heterocycles. The molecule has 3 aromatic rings. The fourth-order valence-electron chi connectivity index (χ4n) is 2.64. The molecule has 0 radical (unpaired) electrons. The van der Waals surface area contributed by atoms with Crippen molar-refractivity contribution in [1.29, 1.82) is 0 Å². The Bertz CT molecular complexity index is 757. The normalized spacial score (nSPS) is 11.4. The van der Waals surface area contributed by atoms with E-state index in [9.17, 15) is 0 Å². The van der Waals surface area contributed by atoms with Crippen LogP contribution in [0.1, 0.15) is 17.1 Å². The first-order valence-electron chi connectivity index (χ1n) is 7.17. The van der Waals surface area contributed by atoms with E-state index in [0.717, 1.165) is 36.4 Å². The first-order chi connectivity index (χ1) is 10.2. The van der Waals surface area contributed by atoms with Crippen molar-refractivity contribution in [3.05, 3.63) is 47.5 Å². The Kier molecular flexibility index (Phi) is 3.97. The maximum absolute atomic E-state index is 5.92. The number of benzene rings is 1. The Morgan fingerprint density at radius 2 is 2.05 bits per heavy atom. The zero-order valence-electron chi connectivity index (χ0n) is 12.4. The maximum Gasteiger partial charge on any atom is 0.111 e. The van der Waals surface area contributed by atoms with Crippen LogP contribution >= 0.6 is 11.6 Å². The van der Waals surface area contributed by atoms with Crippen LogP contribution in [0.15, 0.2) is 30.5 Å². The molecule has 0 aliphatic rings. The minimum atomic E-state index is 0.589. The summed E-state index contributed by atoms with van der Waals surface area (Å²) >= 11 is 5.92. The van der Waals surface area contributed by atoms with E-state index in [2.05, 4.69) is 40.9 Å². The van der Waals surface area contributed by atoms with Crippen molar-refractivity contribution in [3.8, 4) is 0 Å². The highest BCUT2D eigenvalue weighted by Crippen LogP contribution is 2.19. The van der Waals surface area contributed by atoms with Crippen LogP contribution in [0.5, 0.6) is 0 Å². The summed E-state index contributed by atoms with van der Waals surface area (Å²) in [7, 11) is 1.94. The van der Waals surface area contributed by atoms with Gasteiger partial charge in [0.25, 0.3) is 0 Å². The lowest BCUT2D eigenvalue weighted by molar-refractivity contribution is 0.651. The second-order valence-corrected chi connectivity index (χ2v) is 5.72. The first kappa shape index (κ1) is 14.1. The molecule has 0 unspecified atom stereocenters. The number of aromatic nitrogens is 4. The molecule has 0 atom stereocenters. The third-order valence-electron chi connectivity index (χ3n) is 3.66. The van der Waals surface area contributed by atoms with Gasteiger partial charge in [-0.15, -0.1) is 11.6 Å². The van der Waals surface area contributed by atoms with Crippen LogP contribution < -0.4 is 0 Å². The van der Waals surface area contributed by atoms with Crippen molar-refractivity contribution >= 4 is 22.6 Å². The van der Waals surface area contributed by atoms with Crippen LogP contribution in [0.3, 0.4) is 0 Å². The van der Waals surface area contributed by atoms with Gasteiger partial charge < -0.3 is 4.57 Å². The Morgan fingerprint density at radius 1 is 1.19 bits per heavy atom. The van der Waals surface area contributed by atoms with Gasteiger partial charge in [0.1, 0.15) is 5.82 Å². The van der Waals surface area contributed by atoms with Gasteiger partial charge in [0.15, 0.2) is 0 Å². The number of alkyl halides is 1. The zero-order chi connectivity index (χ0) is 14.8. The lowest BCUT2D eigenvalue weighted by atomic mass is 10.2. The van der Waals surface area contributed by atoms with Crippen molar-refractivity contribution in [2.45, 2.75) is 26.3 Å². The third-order valence-corrected chi connectivity index (χ3v) is 3.85. The quantitative estimate of drug-likeness (QED) is 0.679. The van der Waals surface area contributed by atoms with Crippen LogP contribution in [0.4, 0.5) is 0 Å². The topological polar surface area (TPSA) is 35.6 Å². The highest BCUT2D eigenvalue weighted by Gasteiger charge is 2.11. The predicted molar refractivity (Wildman–Crippen MR) is 85.8 cm³/mol. The largest absolute Gasteiger partial charge is 0.328 e. The molecule has 0 spiro atoms. The molecule has 110 valence electrons. The highest BCUT2D eigenvalue weighted by atomic mass is 35.5. The summed E-state index contributed by atoms with van der Waals surface area (Å²) < 4.78 is 4.11. The third kappa shape index (κ3) is 2.95. The van der Waals surface area contributed by atoms with Crippen molar-refractivity contribution < 1.29 is 0 Å². The fourth-order valence-corrected chi connectivity index (χ4v) is 2.81. The Hall–Kier alpha value is -1.81. The van der Waals surface area contributed by atoms with E-state index in [1.165, 1.54) is 11.1 Å². The SMILES string of the molecule is Cc1ccc2c(c1)nc(CCCl)n2CCc1ccn(C)n1. The Morgan fingerprint density at radius 3 is 2.76 bits per heavy atom. The summed E-state index contributed by atoms with van der Waals surface area (Å²) in [6, 6.07) is 8.47. The molecular formula is C16H19ClN4. The molecule has 2 heterocycles. The van der Waals surface area contributed by atoms with Crippen molar-refractivity contribution in [3.63, 3.8) is 0 Å². The molecular weight excluding hydrogens is 284 g/mol. The number of halogens is 1. The summed E-state index contributed by atoms with van der Waals surface area (Å²) in [6.07, 6.45) is 3.66. The van der Waals surface area contributed by atoms with E-state index >= 15 is 0 Å². The number of nitrogens with zero attached hydrogens (tertiary/aromatic N) is 4. The van der Waals surface area contributed by atoms with Gasteiger partial charge in [-0.05, 0) is 30.7 Å². The fraction of sp³-hybridized carbons (Fsp3) is 0.375. The van der Waals surface area contributed by atoms with E-state index < -0.39 is 0 Å². The van der Waals surface area contributed by atoms with Crippen molar-refractivity contribution in [2.75, 3.05) is 5.88 Å². The molecule has 2 aromatic heterocycles. The lowest BCUT2D eigenvalue weighted by Crippen LogP contribution is -2.07. The average molecular weight is 303 g/mol. The first-order valence-corrected chi connectivity index (χ1v) is 7.71. The van der Waals surface area contributed by atoms with Gasteiger partial charge in [-0.3, -0.25) is 4.68 Å². The van der Waals surface area contributed by atoms with Crippen molar-refractivity contribution in [2.24, 2.45) is 7.05 Å². The summed E-state index contributed by atoms with van der Waals surface area (Å²) in [6.45, 7) is 2.97. The summed E-state index contributed by atoms with van der Waals surface area (Å²) in [5.74, 6) is 1.65. The standard InChI is InChI=1S/C16H19ClN4/c1-12-3-4-15-14(11-12)18-16(5-8-17)21(15)10-7-13-6-9-20(2)19-13/h3-4,6,9,11H,5,7-8,10H2,1-2H3. The maximum atomic E-state index is 5.92. The van der Waals surface area contributed by atoms with Gasteiger partial charge in [-0.2, -0.15) is 5.10 Å². The van der Waals surface area contributed by atoms with E-state index in [4.69, 9.17) is 16.6 Å². The van der Waals surface area contributed by atoms with Crippen LogP contribution in [0.25, 0.3) is 11.0 Å². The van der Waals surface area contributed by atoms with E-state index in [1.54, 1.807) is 0 Å². The lowest BCUT2D eigenvalue weighted by Gasteiger charge is -2.07. The molecule has 3 rings (SSSR count). The number of aryl methyl sites for hydroxylation is 5. The number of rotatable bonds is 5. The van der Waals surface area contributed by atoms with E-state index in [0.29, 0.717) is 5.88 Å². The Balaban J connectivity index is 1.92. The van der Waals surface area contributed by atoms with Crippen molar-refractivity contribution in [1.82, 2.24) is 19.3 Å². The van der Waals surface area contributed by atoms with Gasteiger partial charge in [0.05, 0.1) is 16.7 Å². The summed E-state index contributed by atoms with van der Waals surface area (Å²) in [5.41, 5.74) is 4.56. The summed E-state index contributed by atoms with van der Waals surface area (Å²) in [5, 5.41) is 4.44. The van der Waals surface area contributed by atoms with E-state index in [-0.39, 0.29) is 0 Å². The average Bonchev–Trinajstić information content (AvgIpc) is 3.00. The van der Waals surface area contributed by atoms with Gasteiger partial charge in [-0.25, -0.2) is 4.98 Å². The minimum absolute atomic E-state index is 0.589. The Labute approximate surface area is 129 Å². The van der Waals surface area contributed by atoms with Crippen LogP contribution in [-0.2, 0) is 26.4 Å². The zero-order valence-corrected chi connectivity index (χ0v) is 13.1. The number of hydrogen-bond donors (Lipinski definition) is 0. The van der Waals surface area contributed by atoms with Crippen LogP contribution in [0.2, 0.25) is 0 Å². The number of hydrogen-bond acceptors (Lipinski definition) is 2.